The summed E-state index contributed by atoms with van der Waals surface area (Å²) in [5.74, 6) is -0.962. The van der Waals surface area contributed by atoms with Gasteiger partial charge in [-0.15, -0.1) is 22.0 Å². The number of nitrogens with zero attached hydrogens (tertiary/aromatic N) is 5. The van der Waals surface area contributed by atoms with Gasteiger partial charge >= 0.3 is 22.1 Å². The van der Waals surface area contributed by atoms with Gasteiger partial charge in [0.05, 0.1) is 17.9 Å². The third kappa shape index (κ3) is 18.8. The predicted molar refractivity (Wildman–Crippen MR) is 240 cm³/mol. The Labute approximate surface area is 375 Å². The Bertz CT molecular complexity index is 2240. The van der Waals surface area contributed by atoms with Gasteiger partial charge < -0.3 is 25.2 Å². The average molecular weight is 964 g/mol. The maximum Gasteiger partial charge on any atom is 0.372 e. The Morgan fingerprint density at radius 2 is 1.72 bits per heavy atom. The van der Waals surface area contributed by atoms with Gasteiger partial charge in [-0.05, 0) is 60.9 Å². The second-order valence-corrected chi connectivity index (χ2v) is 19.8. The highest BCUT2D eigenvalue weighted by Gasteiger charge is 2.18. The van der Waals surface area contributed by atoms with Gasteiger partial charge in [-0.1, -0.05) is 92.6 Å². The van der Waals surface area contributed by atoms with Gasteiger partial charge in [0.25, 0.3) is 0 Å². The number of ether oxygens (including phenoxy) is 2. The van der Waals surface area contributed by atoms with Gasteiger partial charge in [0.15, 0.2) is 18.3 Å². The van der Waals surface area contributed by atoms with E-state index in [0.717, 1.165) is 66.2 Å². The second kappa shape index (κ2) is 26.8. The molecule has 0 aliphatic carbocycles. The van der Waals surface area contributed by atoms with Crippen LogP contribution in [0.25, 0.3) is 11.3 Å². The molecule has 0 spiro atoms. The summed E-state index contributed by atoms with van der Waals surface area (Å²) in [6, 6.07) is 12.6. The van der Waals surface area contributed by atoms with E-state index in [-0.39, 0.29) is 44.4 Å². The van der Waals surface area contributed by atoms with Crippen LogP contribution in [0.4, 0.5) is 14.9 Å². The van der Waals surface area contributed by atoms with Gasteiger partial charge in [-0.3, -0.25) is 23.6 Å². The highest BCUT2D eigenvalue weighted by atomic mass is 35.5. The van der Waals surface area contributed by atoms with E-state index >= 15 is 0 Å². The van der Waals surface area contributed by atoms with E-state index in [0.29, 0.717) is 34.2 Å². The minimum absolute atomic E-state index is 0.0412. The summed E-state index contributed by atoms with van der Waals surface area (Å²) in [5, 5.41) is 16.3. The number of rotatable bonds is 17. The fourth-order valence-electron chi connectivity index (χ4n) is 5.32. The third-order valence-electron chi connectivity index (χ3n) is 8.54. The molecule has 5 rings (SSSR count). The topological polar surface area (TPSA) is 218 Å². The zero-order chi connectivity index (χ0) is 45.0. The molecule has 2 unspecified atom stereocenters. The lowest BCUT2D eigenvalue weighted by Gasteiger charge is -2.15. The Hall–Kier alpha value is -3.55. The molecule has 0 saturated carbocycles. The molecule has 3 heterocycles. The lowest BCUT2D eigenvalue weighted by molar-refractivity contribution is -0.139. The third-order valence-corrected chi connectivity index (χ3v) is 12.9. The Morgan fingerprint density at radius 1 is 1.05 bits per heavy atom. The Balaban J connectivity index is 0.000000263. The summed E-state index contributed by atoms with van der Waals surface area (Å²) in [6.45, 7) is 4.71. The normalized spacial score (nSPS) is 13.7. The fourth-order valence-corrected chi connectivity index (χ4v) is 8.86. The van der Waals surface area contributed by atoms with Crippen molar-refractivity contribution in [3.05, 3.63) is 79.0 Å². The van der Waals surface area contributed by atoms with E-state index < -0.39 is 31.2 Å². The molecule has 2 aromatic carbocycles. The quantitative estimate of drug-likeness (QED) is 0.0390. The van der Waals surface area contributed by atoms with E-state index in [2.05, 4.69) is 26.9 Å². The first-order valence-electron chi connectivity index (χ1n) is 19.3. The summed E-state index contributed by atoms with van der Waals surface area (Å²) < 4.78 is 38.4. The van der Waals surface area contributed by atoms with Crippen molar-refractivity contribution >= 4 is 88.4 Å². The molecule has 1 aliphatic rings. The number of aliphatic carboxylic acids is 1. The van der Waals surface area contributed by atoms with Crippen molar-refractivity contribution in [1.82, 2.24) is 19.6 Å². The molecular weight excluding hydrogens is 914 g/mol. The van der Waals surface area contributed by atoms with Crippen molar-refractivity contribution < 1.29 is 42.8 Å². The number of carbonyl (C=O) groups excluding carboxylic acids is 2. The van der Waals surface area contributed by atoms with Crippen LogP contribution in [0, 0.1) is 5.82 Å². The first-order chi connectivity index (χ1) is 29.0. The van der Waals surface area contributed by atoms with Gasteiger partial charge in [-0.2, -0.15) is 0 Å². The van der Waals surface area contributed by atoms with Gasteiger partial charge in [0.1, 0.15) is 23.2 Å². The monoisotopic (exact) mass is 962 g/mol. The number of hydrogen-bond donors (Lipinski definition) is 3. The molecule has 0 bridgehead atoms. The zero-order valence-corrected chi connectivity index (χ0v) is 38.8. The standard InChI is InChI=1S/C19H23ClN2O2S.C15H15ClFN3O3S2.C5H12NO4P/c1-2-3-4-5-6-10-13-25-19(23)24-16-14-17(20)21-22-18(16)15-11-8-7-9-12-15;1-23-13(21)8-24-12-7-11(10(17)6-9(12)16)18-14-19-4-2-3-5-20(19)15(22)25-14;1-11(9,10)3-2-4(6)5(7)8/h7-9,11-12,14H,2-6,10,13H2,1H3;6-7H,2-5,8H2,1H3;4H,2-3,6H2,1H3,(H,7,8)(H,9,10). The average Bonchev–Trinajstić information content (AvgIpc) is 3.54. The fraction of sp³-hybridized carbons (Fsp3) is 0.462. The van der Waals surface area contributed by atoms with Crippen LogP contribution in [0.1, 0.15) is 64.7 Å². The van der Waals surface area contributed by atoms with Crippen molar-refractivity contribution in [2.45, 2.75) is 88.7 Å². The van der Waals surface area contributed by atoms with Gasteiger partial charge in [0, 0.05) is 48.2 Å². The summed E-state index contributed by atoms with van der Waals surface area (Å²) in [7, 11) is -1.81. The minimum atomic E-state index is -3.10. The predicted octanol–water partition coefficient (Wildman–Crippen LogP) is 8.87. The molecule has 0 amide bonds. The number of halogens is 3. The Morgan fingerprint density at radius 3 is 2.38 bits per heavy atom. The number of carbonyl (C=O) groups is 3. The Kier molecular flexibility index (Phi) is 22.8. The molecule has 334 valence electrons. The minimum Gasteiger partial charge on any atom is -0.480 e. The maximum absolute atomic E-state index is 14.3. The molecule has 22 heteroatoms. The number of carboxylic acid groups (broad SMARTS) is 1. The van der Waals surface area contributed by atoms with Crippen molar-refractivity contribution in [3.8, 4) is 17.0 Å². The number of carboxylic acids is 1. The highest BCUT2D eigenvalue weighted by molar-refractivity contribution is 8.13. The van der Waals surface area contributed by atoms with Crippen LogP contribution in [0.3, 0.4) is 0 Å². The second-order valence-electron chi connectivity index (χ2n) is 13.5. The number of fused-ring (bicyclic) bond motifs is 1. The molecule has 2 atom stereocenters. The van der Waals surface area contributed by atoms with Crippen LogP contribution >= 0.6 is 65.4 Å². The molecule has 0 fully saturated rings. The summed E-state index contributed by atoms with van der Waals surface area (Å²) in [6.07, 6.45) is 9.09. The molecule has 4 aromatic rings. The largest absolute Gasteiger partial charge is 0.480 e. The van der Waals surface area contributed by atoms with Crippen LogP contribution in [-0.4, -0.2) is 84.3 Å². The van der Waals surface area contributed by atoms with Gasteiger partial charge in [-0.25, -0.2) is 18.9 Å². The molecule has 4 N–H and O–H groups in total. The van der Waals surface area contributed by atoms with Crippen molar-refractivity contribution in [2.75, 3.05) is 31.4 Å². The summed E-state index contributed by atoms with van der Waals surface area (Å²) in [5.41, 5.74) is 6.52. The lowest BCUT2D eigenvalue weighted by atomic mass is 10.1. The van der Waals surface area contributed by atoms with Crippen LogP contribution in [0.2, 0.25) is 10.2 Å². The van der Waals surface area contributed by atoms with Gasteiger partial charge in [0.2, 0.25) is 4.80 Å². The van der Waals surface area contributed by atoms with Crippen LogP contribution < -0.4 is 20.1 Å². The molecular formula is C39H50Cl2FN6O9PS3. The number of aromatic nitrogens is 4. The molecule has 15 nitrogen and oxygen atoms in total. The smallest absolute Gasteiger partial charge is 0.372 e. The first kappa shape index (κ1) is 51.8. The number of methoxy groups -OCH3 is 1. The van der Waals surface area contributed by atoms with E-state index in [1.54, 1.807) is 9.36 Å². The van der Waals surface area contributed by atoms with Crippen molar-refractivity contribution in [1.29, 1.82) is 0 Å². The number of hydrogen-bond acceptors (Lipinski definition) is 14. The van der Waals surface area contributed by atoms with Crippen LogP contribution in [-0.2, 0) is 32.0 Å². The number of unbranched alkanes of at least 4 members (excludes halogenated alkanes) is 5. The number of nitrogens with two attached hydrogens (primary N) is 1. The molecule has 0 radical (unpaired) electrons. The lowest BCUT2D eigenvalue weighted by Crippen LogP contribution is -2.31. The number of thioether (sulfide) groups is 2. The maximum atomic E-state index is 14.3. The number of benzene rings is 2. The van der Waals surface area contributed by atoms with Crippen molar-refractivity contribution in [3.63, 3.8) is 0 Å². The highest BCUT2D eigenvalue weighted by Crippen LogP contribution is 2.36. The molecule has 2 aromatic heterocycles. The molecule has 61 heavy (non-hydrogen) atoms. The van der Waals surface area contributed by atoms with E-state index in [1.807, 2.05) is 30.3 Å². The summed E-state index contributed by atoms with van der Waals surface area (Å²) >= 11 is 15.3. The zero-order valence-electron chi connectivity index (χ0n) is 34.0. The number of esters is 1. The molecule has 1 aliphatic heterocycles. The van der Waals surface area contributed by atoms with Crippen LogP contribution in [0.5, 0.6) is 5.75 Å². The molecule has 0 saturated heterocycles. The van der Waals surface area contributed by atoms with E-state index in [1.165, 1.54) is 63.4 Å². The van der Waals surface area contributed by atoms with Crippen molar-refractivity contribution in [2.24, 2.45) is 10.7 Å². The SMILES string of the molecule is CCCCCCCCSC(=O)Oc1cc(Cl)nnc1-c1ccccc1.COC(=O)CSc1cc(N=c2sc(=O)n3n2CCCC3)c(F)cc1Cl.CP(=O)(O)CCC(N)C(=O)O. The van der Waals surface area contributed by atoms with E-state index in [9.17, 15) is 28.1 Å². The van der Waals surface area contributed by atoms with E-state index in [4.69, 9.17) is 43.7 Å². The first-order valence-corrected chi connectivity index (χ1v) is 25.1. The summed E-state index contributed by atoms with van der Waals surface area (Å²) in [4.78, 5) is 59.5. The van der Waals surface area contributed by atoms with Crippen LogP contribution in [0.15, 0.2) is 63.2 Å².